The van der Waals surface area contributed by atoms with E-state index in [-0.39, 0.29) is 6.04 Å². The summed E-state index contributed by atoms with van der Waals surface area (Å²) in [5, 5.41) is 8.05. The zero-order valence-electron chi connectivity index (χ0n) is 14.8. The molecule has 1 atom stereocenters. The minimum Gasteiger partial charge on any atom is -0.374 e. The minimum atomic E-state index is 0.0630. The monoisotopic (exact) mass is 321 g/mol. The second kappa shape index (κ2) is 6.43. The van der Waals surface area contributed by atoms with E-state index in [0.717, 1.165) is 28.5 Å². The molecule has 2 aromatic heterocycles. The summed E-state index contributed by atoms with van der Waals surface area (Å²) in [5.74, 6) is 0. The van der Waals surface area contributed by atoms with Gasteiger partial charge in [-0.2, -0.15) is 5.10 Å². The number of hydrogen-bond donors (Lipinski definition) is 1. The first-order valence-corrected chi connectivity index (χ1v) is 8.13. The smallest absolute Gasteiger partial charge is 0.0806 e. The third kappa shape index (κ3) is 3.15. The lowest BCUT2D eigenvalue weighted by Gasteiger charge is -2.15. The highest BCUT2D eigenvalue weighted by Crippen LogP contribution is 2.24. The van der Waals surface area contributed by atoms with Crippen molar-refractivity contribution in [3.63, 3.8) is 0 Å². The molecule has 1 unspecified atom stereocenters. The van der Waals surface area contributed by atoms with E-state index in [4.69, 9.17) is 0 Å². The number of aromatic nitrogens is 4. The van der Waals surface area contributed by atoms with Crippen molar-refractivity contribution in [1.82, 2.24) is 19.7 Å². The Bertz CT molecular complexity index is 849. The molecule has 3 rings (SSSR count). The SMILES string of the molecule is Cc1ccc(C)c(-n2ncc(NC(C)c3cnc(C)cn3)c2C)c1. The van der Waals surface area contributed by atoms with Gasteiger partial charge in [-0.15, -0.1) is 0 Å². The summed E-state index contributed by atoms with van der Waals surface area (Å²) in [4.78, 5) is 8.76. The Kier molecular flexibility index (Phi) is 4.34. The number of rotatable bonds is 4. The third-order valence-electron chi connectivity index (χ3n) is 4.22. The van der Waals surface area contributed by atoms with Crippen molar-refractivity contribution in [1.29, 1.82) is 0 Å². The third-order valence-corrected chi connectivity index (χ3v) is 4.22. The minimum absolute atomic E-state index is 0.0630. The molecule has 24 heavy (non-hydrogen) atoms. The average Bonchev–Trinajstić information content (AvgIpc) is 2.91. The molecule has 5 heteroatoms. The van der Waals surface area contributed by atoms with E-state index >= 15 is 0 Å². The Labute approximate surface area is 142 Å². The second-order valence-electron chi connectivity index (χ2n) is 6.29. The fourth-order valence-corrected chi connectivity index (χ4v) is 2.68. The largest absolute Gasteiger partial charge is 0.374 e. The van der Waals surface area contributed by atoms with Crippen LogP contribution in [0.3, 0.4) is 0 Å². The molecular weight excluding hydrogens is 298 g/mol. The number of nitrogens with zero attached hydrogens (tertiary/aromatic N) is 4. The summed E-state index contributed by atoms with van der Waals surface area (Å²) in [5.41, 5.74) is 7.47. The quantitative estimate of drug-likeness (QED) is 0.787. The van der Waals surface area contributed by atoms with Crippen LogP contribution in [0.15, 0.2) is 36.8 Å². The molecule has 0 bridgehead atoms. The highest BCUT2D eigenvalue weighted by Gasteiger charge is 2.14. The lowest BCUT2D eigenvalue weighted by molar-refractivity contribution is 0.816. The number of anilines is 1. The second-order valence-corrected chi connectivity index (χ2v) is 6.29. The standard InChI is InChI=1S/C19H23N5/c1-12-6-7-13(2)19(8-12)24-16(5)18(11-22-24)23-15(4)17-10-20-14(3)9-21-17/h6-11,15,23H,1-5H3. The number of aryl methyl sites for hydroxylation is 3. The molecule has 0 saturated carbocycles. The Morgan fingerprint density at radius 2 is 1.79 bits per heavy atom. The fraction of sp³-hybridized carbons (Fsp3) is 0.316. The van der Waals surface area contributed by atoms with Gasteiger partial charge in [-0.05, 0) is 51.8 Å². The van der Waals surface area contributed by atoms with Gasteiger partial charge in [0.1, 0.15) is 0 Å². The van der Waals surface area contributed by atoms with E-state index in [0.29, 0.717) is 0 Å². The first-order valence-electron chi connectivity index (χ1n) is 8.13. The Hall–Kier alpha value is -2.69. The van der Waals surface area contributed by atoms with Gasteiger partial charge in [-0.25, -0.2) is 4.68 Å². The summed E-state index contributed by atoms with van der Waals surface area (Å²) in [6.07, 6.45) is 5.48. The van der Waals surface area contributed by atoms with E-state index in [1.807, 2.05) is 24.0 Å². The van der Waals surface area contributed by atoms with E-state index in [1.165, 1.54) is 11.1 Å². The Morgan fingerprint density at radius 3 is 2.50 bits per heavy atom. The van der Waals surface area contributed by atoms with Crippen molar-refractivity contribution in [3.8, 4) is 5.69 Å². The van der Waals surface area contributed by atoms with Crippen molar-refractivity contribution < 1.29 is 0 Å². The predicted octanol–water partition coefficient (Wildman–Crippen LogP) is 4.07. The summed E-state index contributed by atoms with van der Waals surface area (Å²) < 4.78 is 1.98. The van der Waals surface area contributed by atoms with Crippen LogP contribution in [0.1, 0.15) is 41.2 Å². The molecule has 2 heterocycles. The maximum Gasteiger partial charge on any atom is 0.0806 e. The van der Waals surface area contributed by atoms with E-state index in [9.17, 15) is 0 Å². The molecule has 0 amide bonds. The summed E-state index contributed by atoms with van der Waals surface area (Å²) in [7, 11) is 0. The molecule has 0 spiro atoms. The summed E-state index contributed by atoms with van der Waals surface area (Å²) in [6, 6.07) is 6.47. The zero-order chi connectivity index (χ0) is 17.3. The molecule has 0 aliphatic rings. The van der Waals surface area contributed by atoms with Crippen molar-refractivity contribution in [2.45, 2.75) is 40.7 Å². The van der Waals surface area contributed by atoms with Gasteiger partial charge in [0.2, 0.25) is 0 Å². The fourth-order valence-electron chi connectivity index (χ4n) is 2.68. The van der Waals surface area contributed by atoms with Crippen LogP contribution in [0.4, 0.5) is 5.69 Å². The van der Waals surface area contributed by atoms with Gasteiger partial charge >= 0.3 is 0 Å². The lowest BCUT2D eigenvalue weighted by Crippen LogP contribution is -2.10. The molecule has 5 nitrogen and oxygen atoms in total. The van der Waals surface area contributed by atoms with Crippen LogP contribution >= 0.6 is 0 Å². The van der Waals surface area contributed by atoms with Gasteiger partial charge < -0.3 is 5.32 Å². The molecule has 0 fully saturated rings. The number of hydrogen-bond acceptors (Lipinski definition) is 4. The first-order chi connectivity index (χ1) is 11.5. The molecule has 124 valence electrons. The van der Waals surface area contributed by atoms with Crippen LogP contribution in [0.2, 0.25) is 0 Å². The summed E-state index contributed by atoms with van der Waals surface area (Å²) in [6.45, 7) is 10.3. The lowest BCUT2D eigenvalue weighted by atomic mass is 10.1. The zero-order valence-corrected chi connectivity index (χ0v) is 14.8. The van der Waals surface area contributed by atoms with E-state index in [2.05, 4.69) is 66.3 Å². The number of nitrogens with one attached hydrogen (secondary N) is 1. The predicted molar refractivity (Wildman–Crippen MR) is 96.6 cm³/mol. The van der Waals surface area contributed by atoms with Gasteiger partial charge in [0.25, 0.3) is 0 Å². The maximum atomic E-state index is 4.57. The maximum absolute atomic E-state index is 4.57. The van der Waals surface area contributed by atoms with Gasteiger partial charge in [0, 0.05) is 6.20 Å². The molecular formula is C19H23N5. The first kappa shape index (κ1) is 16.2. The number of benzene rings is 1. The van der Waals surface area contributed by atoms with E-state index in [1.54, 1.807) is 6.20 Å². The molecule has 0 aliphatic heterocycles. The summed E-state index contributed by atoms with van der Waals surface area (Å²) >= 11 is 0. The van der Waals surface area contributed by atoms with Crippen LogP contribution in [0.25, 0.3) is 5.69 Å². The highest BCUT2D eigenvalue weighted by molar-refractivity contribution is 5.52. The van der Waals surface area contributed by atoms with Gasteiger partial charge in [0.15, 0.2) is 0 Å². The topological polar surface area (TPSA) is 55.6 Å². The van der Waals surface area contributed by atoms with Gasteiger partial charge in [-0.3, -0.25) is 9.97 Å². The van der Waals surface area contributed by atoms with Crippen LogP contribution in [-0.2, 0) is 0 Å². The van der Waals surface area contributed by atoms with Crippen molar-refractivity contribution in [2.24, 2.45) is 0 Å². The highest BCUT2D eigenvalue weighted by atomic mass is 15.3. The Morgan fingerprint density at radius 1 is 1.00 bits per heavy atom. The average molecular weight is 321 g/mol. The molecule has 1 aromatic carbocycles. The molecule has 0 aliphatic carbocycles. The molecule has 1 N–H and O–H groups in total. The van der Waals surface area contributed by atoms with Crippen LogP contribution in [0.5, 0.6) is 0 Å². The molecule has 0 radical (unpaired) electrons. The van der Waals surface area contributed by atoms with Crippen molar-refractivity contribution in [3.05, 3.63) is 65.0 Å². The van der Waals surface area contributed by atoms with Crippen molar-refractivity contribution in [2.75, 3.05) is 5.32 Å². The molecule has 0 saturated heterocycles. The van der Waals surface area contributed by atoms with Crippen molar-refractivity contribution >= 4 is 5.69 Å². The van der Waals surface area contributed by atoms with Crippen LogP contribution < -0.4 is 5.32 Å². The van der Waals surface area contributed by atoms with Gasteiger partial charge in [0.05, 0.1) is 46.9 Å². The Balaban J connectivity index is 1.87. The normalized spacial score (nSPS) is 12.2. The van der Waals surface area contributed by atoms with Crippen LogP contribution in [-0.4, -0.2) is 19.7 Å². The van der Waals surface area contributed by atoms with Gasteiger partial charge in [-0.1, -0.05) is 12.1 Å². The molecule has 3 aromatic rings. The van der Waals surface area contributed by atoms with E-state index < -0.39 is 0 Å². The van der Waals surface area contributed by atoms with Crippen LogP contribution in [0, 0.1) is 27.7 Å².